The second-order valence-corrected chi connectivity index (χ2v) is 5.49. The third kappa shape index (κ3) is 2.35. The Labute approximate surface area is 117 Å². The molecule has 0 spiro atoms. The Kier molecular flexibility index (Phi) is 3.46. The molecule has 1 aromatic carbocycles. The minimum atomic E-state index is -0.223. The topological polar surface area (TPSA) is 21.1 Å². The zero-order valence-corrected chi connectivity index (χ0v) is 11.7. The van der Waals surface area contributed by atoms with Gasteiger partial charge in [-0.3, -0.25) is 0 Å². The number of rotatable bonds is 2. The maximum atomic E-state index is 13.5. The highest BCUT2D eigenvalue weighted by Gasteiger charge is 2.23. The van der Waals surface area contributed by atoms with Crippen molar-refractivity contribution >= 4 is 22.6 Å². The van der Waals surface area contributed by atoms with E-state index in [1.165, 1.54) is 6.07 Å². The highest BCUT2D eigenvalue weighted by atomic mass is 35.5. The van der Waals surface area contributed by atoms with E-state index < -0.39 is 0 Å². The van der Waals surface area contributed by atoms with Gasteiger partial charge in [0.05, 0.1) is 16.9 Å². The largest absolute Gasteiger partial charge is 0.322 e. The minimum Gasteiger partial charge on any atom is -0.322 e. The number of likely N-dealkylation sites (N-methyl/N-ethyl adjacent to an activating group) is 1. The molecule has 1 aliphatic rings. The molecule has 0 amide bonds. The summed E-state index contributed by atoms with van der Waals surface area (Å²) in [5.74, 6) is 0.970. The molecule has 0 saturated carbocycles. The number of hydrogen-bond donors (Lipinski definition) is 0. The third-order valence-electron chi connectivity index (χ3n) is 3.81. The molecule has 1 fully saturated rings. The molecule has 2 heterocycles. The van der Waals surface area contributed by atoms with Crippen molar-refractivity contribution in [1.29, 1.82) is 0 Å². The molecule has 19 heavy (non-hydrogen) atoms. The second kappa shape index (κ2) is 5.10. The average Bonchev–Trinajstić information content (AvgIpc) is 2.76. The number of imidazole rings is 1. The Morgan fingerprint density at radius 2 is 2.32 bits per heavy atom. The number of alkyl halides is 1. The molecule has 5 heteroatoms. The maximum absolute atomic E-state index is 13.5. The van der Waals surface area contributed by atoms with Crippen molar-refractivity contribution in [2.75, 3.05) is 20.1 Å². The van der Waals surface area contributed by atoms with Crippen LogP contribution in [0.2, 0.25) is 0 Å². The van der Waals surface area contributed by atoms with Gasteiger partial charge in [0, 0.05) is 12.6 Å². The van der Waals surface area contributed by atoms with Crippen molar-refractivity contribution in [1.82, 2.24) is 14.5 Å². The van der Waals surface area contributed by atoms with Gasteiger partial charge in [-0.05, 0) is 44.6 Å². The van der Waals surface area contributed by atoms with Crippen LogP contribution >= 0.6 is 11.6 Å². The SMILES string of the molecule is CN1CCCC(n2c(CCl)nc3ccc(F)cc32)C1. The molecule has 3 rings (SSSR count). The molecule has 1 unspecified atom stereocenters. The fraction of sp³-hybridized carbons (Fsp3) is 0.500. The fourth-order valence-electron chi connectivity index (χ4n) is 2.97. The van der Waals surface area contributed by atoms with Crippen LogP contribution in [0.25, 0.3) is 11.0 Å². The van der Waals surface area contributed by atoms with E-state index in [0.29, 0.717) is 11.9 Å². The van der Waals surface area contributed by atoms with Gasteiger partial charge in [0.25, 0.3) is 0 Å². The first-order valence-electron chi connectivity index (χ1n) is 6.60. The predicted octanol–water partition coefficient (Wildman–Crippen LogP) is 3.18. The van der Waals surface area contributed by atoms with Crippen molar-refractivity contribution in [2.45, 2.75) is 24.8 Å². The molecule has 0 bridgehead atoms. The normalized spacial score (nSPS) is 21.1. The lowest BCUT2D eigenvalue weighted by Gasteiger charge is -2.31. The van der Waals surface area contributed by atoms with E-state index in [4.69, 9.17) is 11.6 Å². The molecule has 2 aromatic rings. The van der Waals surface area contributed by atoms with Crippen LogP contribution in [0.1, 0.15) is 24.7 Å². The number of hydrogen-bond acceptors (Lipinski definition) is 2. The summed E-state index contributed by atoms with van der Waals surface area (Å²) in [4.78, 5) is 6.82. The maximum Gasteiger partial charge on any atom is 0.125 e. The Hall–Kier alpha value is -1.13. The van der Waals surface area contributed by atoms with Crippen LogP contribution in [-0.4, -0.2) is 34.6 Å². The van der Waals surface area contributed by atoms with Gasteiger partial charge in [-0.1, -0.05) is 0 Å². The molecule has 0 radical (unpaired) electrons. The van der Waals surface area contributed by atoms with E-state index in [1.807, 2.05) is 0 Å². The minimum absolute atomic E-state index is 0.223. The summed E-state index contributed by atoms with van der Waals surface area (Å²) in [6, 6.07) is 5.07. The van der Waals surface area contributed by atoms with Crippen LogP contribution in [0.5, 0.6) is 0 Å². The summed E-state index contributed by atoms with van der Waals surface area (Å²) >= 11 is 6.01. The van der Waals surface area contributed by atoms with Gasteiger partial charge < -0.3 is 9.47 Å². The standard InChI is InChI=1S/C14H17ClFN3/c1-18-6-2-3-11(9-18)19-13-7-10(16)4-5-12(13)17-14(19)8-15/h4-5,7,11H,2-3,6,8-9H2,1H3. The van der Waals surface area contributed by atoms with E-state index in [1.54, 1.807) is 12.1 Å². The van der Waals surface area contributed by atoms with Crippen molar-refractivity contribution in [3.63, 3.8) is 0 Å². The van der Waals surface area contributed by atoms with Crippen LogP contribution in [0, 0.1) is 5.82 Å². The lowest BCUT2D eigenvalue weighted by molar-refractivity contribution is 0.213. The summed E-state index contributed by atoms with van der Waals surface area (Å²) in [6.07, 6.45) is 2.24. The first-order chi connectivity index (χ1) is 9.19. The smallest absolute Gasteiger partial charge is 0.125 e. The van der Waals surface area contributed by atoms with Crippen molar-refractivity contribution in [3.8, 4) is 0 Å². The van der Waals surface area contributed by atoms with Gasteiger partial charge >= 0.3 is 0 Å². The Balaban J connectivity index is 2.11. The van der Waals surface area contributed by atoms with Gasteiger partial charge in [0.2, 0.25) is 0 Å². The molecule has 102 valence electrons. The number of halogens is 2. The van der Waals surface area contributed by atoms with E-state index in [0.717, 1.165) is 42.8 Å². The molecule has 0 aliphatic carbocycles. The zero-order valence-electron chi connectivity index (χ0n) is 10.9. The first-order valence-corrected chi connectivity index (χ1v) is 7.13. The Bertz CT molecular complexity index is 596. The van der Waals surface area contributed by atoms with Crippen molar-refractivity contribution < 1.29 is 4.39 Å². The van der Waals surface area contributed by atoms with Crippen LogP contribution in [-0.2, 0) is 5.88 Å². The number of piperidine rings is 1. The molecule has 0 N–H and O–H groups in total. The van der Waals surface area contributed by atoms with Gasteiger partial charge in [-0.15, -0.1) is 11.6 Å². The summed E-state index contributed by atoms with van der Waals surface area (Å²) in [5.41, 5.74) is 1.68. The van der Waals surface area contributed by atoms with Gasteiger partial charge in [0.15, 0.2) is 0 Å². The lowest BCUT2D eigenvalue weighted by atomic mass is 10.1. The number of nitrogens with zero attached hydrogens (tertiary/aromatic N) is 3. The van der Waals surface area contributed by atoms with Crippen molar-refractivity contribution in [3.05, 3.63) is 29.8 Å². The quantitative estimate of drug-likeness (QED) is 0.789. The molecular formula is C14H17ClFN3. The predicted molar refractivity (Wildman–Crippen MR) is 75.0 cm³/mol. The second-order valence-electron chi connectivity index (χ2n) is 5.22. The van der Waals surface area contributed by atoms with E-state index >= 15 is 0 Å². The Morgan fingerprint density at radius 1 is 1.47 bits per heavy atom. The third-order valence-corrected chi connectivity index (χ3v) is 4.05. The molecule has 3 nitrogen and oxygen atoms in total. The molecule has 1 aromatic heterocycles. The number of benzene rings is 1. The summed E-state index contributed by atoms with van der Waals surface area (Å²) in [5, 5.41) is 0. The highest BCUT2D eigenvalue weighted by molar-refractivity contribution is 6.16. The van der Waals surface area contributed by atoms with E-state index in [-0.39, 0.29) is 5.82 Å². The number of aromatic nitrogens is 2. The van der Waals surface area contributed by atoms with E-state index in [2.05, 4.69) is 21.5 Å². The summed E-state index contributed by atoms with van der Waals surface area (Å²) in [7, 11) is 2.12. The van der Waals surface area contributed by atoms with Crippen molar-refractivity contribution in [2.24, 2.45) is 0 Å². The van der Waals surface area contributed by atoms with Crippen LogP contribution in [0.4, 0.5) is 4.39 Å². The van der Waals surface area contributed by atoms with Crippen LogP contribution < -0.4 is 0 Å². The summed E-state index contributed by atoms with van der Waals surface area (Å²) in [6.45, 7) is 2.08. The van der Waals surface area contributed by atoms with Gasteiger partial charge in [-0.25, -0.2) is 9.37 Å². The average molecular weight is 282 g/mol. The summed E-state index contributed by atoms with van der Waals surface area (Å²) < 4.78 is 15.6. The van der Waals surface area contributed by atoms with Gasteiger partial charge in [-0.2, -0.15) is 0 Å². The zero-order chi connectivity index (χ0) is 13.4. The van der Waals surface area contributed by atoms with Crippen LogP contribution in [0.3, 0.4) is 0 Å². The molecule has 1 atom stereocenters. The molecule has 1 saturated heterocycles. The van der Waals surface area contributed by atoms with Gasteiger partial charge in [0.1, 0.15) is 11.6 Å². The molecular weight excluding hydrogens is 265 g/mol. The fourth-order valence-corrected chi connectivity index (χ4v) is 3.16. The lowest BCUT2D eigenvalue weighted by Crippen LogP contribution is -2.34. The Morgan fingerprint density at radius 3 is 3.05 bits per heavy atom. The first kappa shape index (κ1) is 12.9. The number of fused-ring (bicyclic) bond motifs is 1. The monoisotopic (exact) mass is 281 g/mol. The number of likely N-dealkylation sites (tertiary alicyclic amines) is 1. The van der Waals surface area contributed by atoms with E-state index in [9.17, 15) is 4.39 Å². The molecule has 1 aliphatic heterocycles. The van der Waals surface area contributed by atoms with Crippen LogP contribution in [0.15, 0.2) is 18.2 Å². The highest BCUT2D eigenvalue weighted by Crippen LogP contribution is 2.28.